The summed E-state index contributed by atoms with van der Waals surface area (Å²) in [5.41, 5.74) is 5.31. The van der Waals surface area contributed by atoms with Crippen molar-refractivity contribution in [2.24, 2.45) is 5.14 Å². The number of hydrogen-bond donors (Lipinski definition) is 2. The highest BCUT2D eigenvalue weighted by Gasteiger charge is 2.23. The van der Waals surface area contributed by atoms with E-state index in [0.29, 0.717) is 34.6 Å². The molecule has 4 aromatic rings. The number of fused-ring (bicyclic) bond motifs is 1. The molecule has 1 saturated heterocycles. The first-order valence-corrected chi connectivity index (χ1v) is 16.4. The van der Waals surface area contributed by atoms with Gasteiger partial charge in [0.05, 0.1) is 16.5 Å². The van der Waals surface area contributed by atoms with Gasteiger partial charge in [0.1, 0.15) is 5.75 Å². The van der Waals surface area contributed by atoms with E-state index in [0.717, 1.165) is 60.3 Å². The molecule has 0 saturated carbocycles. The number of nitrogens with zero attached hydrogens (tertiary/aromatic N) is 4. The van der Waals surface area contributed by atoms with Crippen LogP contribution < -0.4 is 24.7 Å². The molecule has 12 heteroatoms. The summed E-state index contributed by atoms with van der Waals surface area (Å²) in [5.74, 6) is 2.90. The maximum atomic E-state index is 11.6. The highest BCUT2D eigenvalue weighted by molar-refractivity contribution is 7.89. The van der Waals surface area contributed by atoms with Crippen molar-refractivity contribution in [1.29, 1.82) is 5.26 Å². The van der Waals surface area contributed by atoms with Gasteiger partial charge >= 0.3 is 0 Å². The third-order valence-electron chi connectivity index (χ3n) is 8.05. The van der Waals surface area contributed by atoms with Gasteiger partial charge in [0, 0.05) is 37.9 Å². The van der Waals surface area contributed by atoms with Crippen molar-refractivity contribution in [2.45, 2.75) is 44.2 Å². The molecule has 0 radical (unpaired) electrons. The van der Waals surface area contributed by atoms with Crippen LogP contribution >= 0.6 is 0 Å². The van der Waals surface area contributed by atoms with Crippen LogP contribution in [0, 0.1) is 25.2 Å². The number of likely N-dealkylation sites (tertiary alicyclic amines) is 1. The van der Waals surface area contributed by atoms with Crippen LogP contribution in [-0.4, -0.2) is 49.2 Å². The minimum Gasteiger partial charge on any atom is -0.454 e. The van der Waals surface area contributed by atoms with Crippen molar-refractivity contribution in [3.05, 3.63) is 89.1 Å². The van der Waals surface area contributed by atoms with Crippen LogP contribution in [0.25, 0.3) is 17.2 Å². The molecule has 46 heavy (non-hydrogen) atoms. The average Bonchev–Trinajstić information content (AvgIpc) is 3.51. The number of rotatable bonds is 9. The molecule has 1 aromatic heterocycles. The summed E-state index contributed by atoms with van der Waals surface area (Å²) in [7, 11) is -3.71. The van der Waals surface area contributed by atoms with Crippen LogP contribution in [-0.2, 0) is 16.6 Å². The molecule has 236 valence electrons. The summed E-state index contributed by atoms with van der Waals surface area (Å²) < 4.78 is 40.8. The molecule has 3 heterocycles. The third kappa shape index (κ3) is 7.13. The van der Waals surface area contributed by atoms with Gasteiger partial charge in [-0.3, -0.25) is 4.90 Å². The summed E-state index contributed by atoms with van der Waals surface area (Å²) >= 11 is 0. The lowest BCUT2D eigenvalue weighted by Gasteiger charge is -2.32. The van der Waals surface area contributed by atoms with Crippen LogP contribution in [0.1, 0.15) is 35.1 Å². The number of nitriles is 1. The molecule has 2 aliphatic rings. The third-order valence-corrected chi connectivity index (χ3v) is 8.98. The standard InChI is InChI=1S/C34H34N6O5S/c1-22-16-25(4-3-13-35)17-23(2)32(22)45-33-29(26-7-10-30-31(18-26)44-21-43-30)19-37-34(39-33)38-27-11-14-40(15-12-27)20-24-5-8-28(9-6-24)46(36,41)42/h3-10,16-19,27H,11-12,14-15,20-21H2,1-2H3,(H2,36,41,42)(H,37,38,39)/b4-3+. The first-order valence-electron chi connectivity index (χ1n) is 14.9. The Morgan fingerprint density at radius 3 is 2.48 bits per heavy atom. The van der Waals surface area contributed by atoms with Crippen molar-refractivity contribution >= 4 is 22.0 Å². The largest absolute Gasteiger partial charge is 0.454 e. The molecular weight excluding hydrogens is 604 g/mol. The van der Waals surface area contributed by atoms with Gasteiger partial charge in [-0.05, 0) is 97.0 Å². The van der Waals surface area contributed by atoms with Crippen LogP contribution in [0.5, 0.6) is 23.1 Å². The zero-order valence-corrected chi connectivity index (χ0v) is 26.4. The van der Waals surface area contributed by atoms with Gasteiger partial charge in [-0.15, -0.1) is 0 Å². The van der Waals surface area contributed by atoms with E-state index >= 15 is 0 Å². The van der Waals surface area contributed by atoms with Gasteiger partial charge in [0.25, 0.3) is 0 Å². The normalized spacial score (nSPS) is 15.2. The van der Waals surface area contributed by atoms with E-state index in [4.69, 9.17) is 29.6 Å². The van der Waals surface area contributed by atoms with Crippen LogP contribution in [0.4, 0.5) is 5.95 Å². The molecule has 0 atom stereocenters. The molecule has 6 rings (SSSR count). The number of anilines is 1. The summed E-state index contributed by atoms with van der Waals surface area (Å²) in [5, 5.41) is 17.7. The summed E-state index contributed by atoms with van der Waals surface area (Å²) in [6, 6.07) is 18.5. The Labute approximate surface area is 268 Å². The minimum atomic E-state index is -3.71. The minimum absolute atomic E-state index is 0.113. The van der Waals surface area contributed by atoms with E-state index in [1.165, 1.54) is 6.08 Å². The summed E-state index contributed by atoms with van der Waals surface area (Å²) in [4.78, 5) is 12.0. The summed E-state index contributed by atoms with van der Waals surface area (Å²) in [6.07, 6.45) is 6.75. The number of ether oxygens (including phenoxy) is 3. The molecule has 0 aliphatic carbocycles. The topological polar surface area (TPSA) is 153 Å². The highest BCUT2D eigenvalue weighted by atomic mass is 32.2. The zero-order valence-electron chi connectivity index (χ0n) is 25.6. The van der Waals surface area contributed by atoms with Gasteiger partial charge in [0.15, 0.2) is 11.5 Å². The molecule has 1 fully saturated rings. The Balaban J connectivity index is 1.20. The maximum absolute atomic E-state index is 11.6. The second-order valence-corrected chi connectivity index (χ2v) is 13.0. The fraction of sp³-hybridized carbons (Fsp3) is 0.265. The highest BCUT2D eigenvalue weighted by Crippen LogP contribution is 2.40. The average molecular weight is 639 g/mol. The Morgan fingerprint density at radius 1 is 1.07 bits per heavy atom. The number of sulfonamides is 1. The number of primary sulfonamides is 1. The van der Waals surface area contributed by atoms with Gasteiger partial charge in [-0.2, -0.15) is 10.2 Å². The van der Waals surface area contributed by atoms with Crippen LogP contribution in [0.15, 0.2) is 71.8 Å². The molecule has 3 N–H and O–H groups in total. The number of nitrogens with one attached hydrogen (secondary N) is 1. The van der Waals surface area contributed by atoms with E-state index in [1.807, 2.05) is 50.2 Å². The second kappa shape index (κ2) is 13.2. The van der Waals surface area contributed by atoms with E-state index in [2.05, 4.69) is 15.2 Å². The Morgan fingerprint density at radius 2 is 1.78 bits per heavy atom. The lowest BCUT2D eigenvalue weighted by molar-refractivity contribution is 0.174. The van der Waals surface area contributed by atoms with Gasteiger partial charge in [-0.25, -0.2) is 18.5 Å². The fourth-order valence-corrected chi connectivity index (χ4v) is 6.22. The number of piperidine rings is 1. The van der Waals surface area contributed by atoms with Crippen molar-refractivity contribution in [1.82, 2.24) is 14.9 Å². The van der Waals surface area contributed by atoms with Gasteiger partial charge < -0.3 is 19.5 Å². The number of aryl methyl sites for hydroxylation is 2. The Kier molecular flexibility index (Phi) is 8.90. The predicted octanol–water partition coefficient (Wildman–Crippen LogP) is 5.54. The van der Waals surface area contributed by atoms with Gasteiger partial charge in [0.2, 0.25) is 28.6 Å². The Hall–Kier alpha value is -4.96. The molecule has 0 amide bonds. The van der Waals surface area contributed by atoms with Crippen LogP contribution in [0.2, 0.25) is 0 Å². The molecule has 2 aliphatic heterocycles. The molecular formula is C34H34N6O5S. The van der Waals surface area contributed by atoms with E-state index < -0.39 is 10.0 Å². The van der Waals surface area contributed by atoms with Gasteiger partial charge in [-0.1, -0.05) is 18.2 Å². The predicted molar refractivity (Wildman–Crippen MR) is 174 cm³/mol. The lowest BCUT2D eigenvalue weighted by atomic mass is 10.0. The fourth-order valence-electron chi connectivity index (χ4n) is 5.71. The smallest absolute Gasteiger partial charge is 0.238 e. The second-order valence-electron chi connectivity index (χ2n) is 11.4. The van der Waals surface area contributed by atoms with Crippen molar-refractivity contribution in [3.63, 3.8) is 0 Å². The summed E-state index contributed by atoms with van der Waals surface area (Å²) in [6.45, 7) is 6.55. The SMILES string of the molecule is Cc1cc(/C=C/C#N)cc(C)c1Oc1nc(NC2CCN(Cc3ccc(S(N)(=O)=O)cc3)CC2)ncc1-c1ccc2c(c1)OCO2. The molecule has 0 spiro atoms. The van der Waals surface area contributed by atoms with E-state index in [-0.39, 0.29) is 17.7 Å². The Bertz CT molecular complexity index is 1910. The number of hydrogen-bond acceptors (Lipinski definition) is 10. The monoisotopic (exact) mass is 638 g/mol. The molecule has 11 nitrogen and oxygen atoms in total. The maximum Gasteiger partial charge on any atom is 0.238 e. The number of aromatic nitrogens is 2. The first-order chi connectivity index (χ1) is 22.2. The van der Waals surface area contributed by atoms with Crippen molar-refractivity contribution in [2.75, 3.05) is 25.2 Å². The lowest BCUT2D eigenvalue weighted by Crippen LogP contribution is -2.39. The molecule has 3 aromatic carbocycles. The van der Waals surface area contributed by atoms with E-state index in [9.17, 15) is 8.42 Å². The first kappa shape index (κ1) is 31.0. The quantitative estimate of drug-likeness (QED) is 0.223. The molecule has 0 unspecified atom stereocenters. The van der Waals surface area contributed by atoms with Crippen LogP contribution in [0.3, 0.4) is 0 Å². The molecule has 0 bridgehead atoms. The number of allylic oxidation sites excluding steroid dienone is 1. The number of benzene rings is 3. The van der Waals surface area contributed by atoms with E-state index in [1.54, 1.807) is 36.5 Å². The van der Waals surface area contributed by atoms with Crippen molar-refractivity contribution < 1.29 is 22.6 Å². The number of nitrogens with two attached hydrogens (primary N) is 1. The zero-order chi connectivity index (χ0) is 32.3. The van der Waals surface area contributed by atoms with Crippen molar-refractivity contribution in [3.8, 4) is 40.3 Å².